The summed E-state index contributed by atoms with van der Waals surface area (Å²) in [5, 5.41) is 13.5. The molecule has 1 heterocycles. The Kier molecular flexibility index (Phi) is 7.53. The summed E-state index contributed by atoms with van der Waals surface area (Å²) in [6.45, 7) is -1.26. The summed E-state index contributed by atoms with van der Waals surface area (Å²) in [5.74, 6) is -1.15. The highest BCUT2D eigenvalue weighted by molar-refractivity contribution is 6.34. The first-order valence-corrected chi connectivity index (χ1v) is 9.95. The summed E-state index contributed by atoms with van der Waals surface area (Å²) < 4.78 is 41.8. The van der Waals surface area contributed by atoms with Crippen LogP contribution >= 0.6 is 11.6 Å². The van der Waals surface area contributed by atoms with E-state index in [0.29, 0.717) is 17.1 Å². The Bertz CT molecular complexity index is 1070. The summed E-state index contributed by atoms with van der Waals surface area (Å²) >= 11 is 6.13. The Morgan fingerprint density at radius 1 is 1.12 bits per heavy atom. The van der Waals surface area contributed by atoms with Crippen LogP contribution in [0.25, 0.3) is 11.3 Å². The van der Waals surface area contributed by atoms with E-state index in [1.807, 2.05) is 25.1 Å². The number of hydrogen-bond acceptors (Lipinski definition) is 5. The zero-order chi connectivity index (χ0) is 23.3. The lowest BCUT2D eigenvalue weighted by molar-refractivity contribution is -0.143. The van der Waals surface area contributed by atoms with Gasteiger partial charge in [-0.2, -0.15) is 13.9 Å². The monoisotopic (exact) mass is 466 g/mol. The van der Waals surface area contributed by atoms with Crippen LogP contribution in [0.4, 0.5) is 8.78 Å². The second-order valence-electron chi connectivity index (χ2n) is 6.97. The van der Waals surface area contributed by atoms with Gasteiger partial charge in [-0.25, -0.2) is 4.68 Å². The van der Waals surface area contributed by atoms with E-state index in [1.54, 1.807) is 30.3 Å². The van der Waals surface area contributed by atoms with Gasteiger partial charge >= 0.3 is 12.6 Å². The zero-order valence-electron chi connectivity index (χ0n) is 17.3. The molecule has 10 heteroatoms. The van der Waals surface area contributed by atoms with Crippen molar-refractivity contribution in [2.45, 2.75) is 13.5 Å². The largest absolute Gasteiger partial charge is 0.493 e. The Hall–Kier alpha value is -3.33. The molecule has 7 nitrogen and oxygen atoms in total. The molecule has 1 N–H and O–H groups in total. The molecule has 0 saturated heterocycles. The van der Waals surface area contributed by atoms with Crippen molar-refractivity contribution in [2.75, 3.05) is 13.2 Å². The van der Waals surface area contributed by atoms with Gasteiger partial charge in [0, 0.05) is 12.6 Å². The molecule has 3 aromatic rings. The third-order valence-electron chi connectivity index (χ3n) is 4.51. The van der Waals surface area contributed by atoms with Crippen LogP contribution in [0.2, 0.25) is 5.02 Å². The number of aromatic nitrogens is 2. The lowest BCUT2D eigenvalue weighted by Crippen LogP contribution is -2.27. The average Bonchev–Trinajstić information content (AvgIpc) is 3.02. The predicted octanol–water partition coefficient (Wildman–Crippen LogP) is 4.81. The van der Waals surface area contributed by atoms with Crippen molar-refractivity contribution in [3.05, 3.63) is 59.1 Å². The number of carboxylic acid groups (broad SMARTS) is 1. The van der Waals surface area contributed by atoms with Crippen LogP contribution in [0.15, 0.2) is 48.5 Å². The van der Waals surface area contributed by atoms with Crippen LogP contribution in [0.3, 0.4) is 0 Å². The first-order valence-electron chi connectivity index (χ1n) is 9.57. The second kappa shape index (κ2) is 10.3. The van der Waals surface area contributed by atoms with Gasteiger partial charge in [-0.1, -0.05) is 23.7 Å². The van der Waals surface area contributed by atoms with Gasteiger partial charge in [-0.05, 0) is 48.9 Å². The second-order valence-corrected chi connectivity index (χ2v) is 7.35. The first kappa shape index (κ1) is 23.3. The van der Waals surface area contributed by atoms with Crippen molar-refractivity contribution >= 4 is 17.6 Å². The SMILES string of the molecule is Cc1cccc(OCC(COc2ccc(-c3nn(C)c(OC(F)F)c3Cl)cc2)C(=O)O)c1. The topological polar surface area (TPSA) is 82.8 Å². The number of carbonyl (C=O) groups is 1. The Morgan fingerprint density at radius 2 is 1.78 bits per heavy atom. The lowest BCUT2D eigenvalue weighted by atomic mass is 10.1. The Labute approximate surface area is 188 Å². The van der Waals surface area contributed by atoms with E-state index in [2.05, 4.69) is 9.84 Å². The summed E-state index contributed by atoms with van der Waals surface area (Å²) in [7, 11) is 1.44. The molecule has 0 spiro atoms. The lowest BCUT2D eigenvalue weighted by Gasteiger charge is -2.15. The highest BCUT2D eigenvalue weighted by Crippen LogP contribution is 2.36. The fourth-order valence-corrected chi connectivity index (χ4v) is 3.19. The number of aliphatic carboxylic acids is 1. The highest BCUT2D eigenvalue weighted by Gasteiger charge is 2.21. The zero-order valence-corrected chi connectivity index (χ0v) is 18.1. The number of alkyl halides is 2. The van der Waals surface area contributed by atoms with E-state index in [1.165, 1.54) is 7.05 Å². The van der Waals surface area contributed by atoms with Gasteiger partial charge in [0.15, 0.2) is 0 Å². The Morgan fingerprint density at radius 3 is 2.38 bits per heavy atom. The average molecular weight is 467 g/mol. The molecule has 0 bridgehead atoms. The molecule has 2 aromatic carbocycles. The fourth-order valence-electron chi connectivity index (χ4n) is 2.88. The molecule has 0 saturated carbocycles. The summed E-state index contributed by atoms with van der Waals surface area (Å²) in [5.41, 5.74) is 1.83. The molecular formula is C22H21ClF2N2O5. The van der Waals surface area contributed by atoms with E-state index >= 15 is 0 Å². The molecule has 32 heavy (non-hydrogen) atoms. The molecule has 1 atom stereocenters. The standard InChI is InChI=1S/C22H21ClF2N2O5/c1-13-4-3-5-17(10-13)31-12-15(21(28)29)11-30-16-8-6-14(7-9-16)19-18(23)20(27(2)26-19)32-22(24)25/h3-10,15,22H,11-12H2,1-2H3,(H,28,29). The summed E-state index contributed by atoms with van der Waals surface area (Å²) in [4.78, 5) is 11.5. The van der Waals surface area contributed by atoms with Crippen molar-refractivity contribution in [1.82, 2.24) is 9.78 Å². The number of nitrogens with zero attached hydrogens (tertiary/aromatic N) is 2. The van der Waals surface area contributed by atoms with Crippen molar-refractivity contribution in [3.63, 3.8) is 0 Å². The number of hydrogen-bond donors (Lipinski definition) is 1. The van der Waals surface area contributed by atoms with Gasteiger partial charge < -0.3 is 19.3 Å². The van der Waals surface area contributed by atoms with Crippen molar-refractivity contribution < 1.29 is 32.9 Å². The molecule has 1 aromatic heterocycles. The Balaban J connectivity index is 1.63. The van der Waals surface area contributed by atoms with Crippen LogP contribution in [-0.2, 0) is 11.8 Å². The van der Waals surface area contributed by atoms with Gasteiger partial charge in [0.2, 0.25) is 5.88 Å². The predicted molar refractivity (Wildman–Crippen MR) is 114 cm³/mol. The number of halogens is 3. The van der Waals surface area contributed by atoms with Crippen LogP contribution < -0.4 is 14.2 Å². The summed E-state index contributed by atoms with van der Waals surface area (Å²) in [6.07, 6.45) is 0. The van der Waals surface area contributed by atoms with Gasteiger partial charge in [-0.3, -0.25) is 4.79 Å². The number of ether oxygens (including phenoxy) is 3. The van der Waals surface area contributed by atoms with Crippen molar-refractivity contribution in [2.24, 2.45) is 13.0 Å². The normalized spacial score (nSPS) is 11.9. The number of benzene rings is 2. The van der Waals surface area contributed by atoms with Gasteiger partial charge in [0.25, 0.3) is 0 Å². The van der Waals surface area contributed by atoms with E-state index in [-0.39, 0.29) is 29.8 Å². The molecule has 0 aliphatic carbocycles. The molecule has 0 fully saturated rings. The highest BCUT2D eigenvalue weighted by atomic mass is 35.5. The molecule has 3 rings (SSSR count). The van der Waals surface area contributed by atoms with E-state index in [0.717, 1.165) is 10.2 Å². The number of carboxylic acids is 1. The molecule has 170 valence electrons. The minimum atomic E-state index is -3.02. The van der Waals surface area contributed by atoms with Gasteiger partial charge in [0.05, 0.1) is 0 Å². The minimum Gasteiger partial charge on any atom is -0.493 e. The maximum absolute atomic E-state index is 12.5. The number of aryl methyl sites for hydroxylation is 2. The van der Waals surface area contributed by atoms with E-state index in [9.17, 15) is 18.7 Å². The first-order chi connectivity index (χ1) is 15.2. The van der Waals surface area contributed by atoms with Crippen LogP contribution in [-0.4, -0.2) is 40.7 Å². The molecule has 0 amide bonds. The van der Waals surface area contributed by atoms with E-state index in [4.69, 9.17) is 21.1 Å². The van der Waals surface area contributed by atoms with Crippen molar-refractivity contribution in [1.29, 1.82) is 0 Å². The molecule has 0 aliphatic heterocycles. The third-order valence-corrected chi connectivity index (χ3v) is 4.85. The summed E-state index contributed by atoms with van der Waals surface area (Å²) in [6, 6.07) is 13.8. The van der Waals surface area contributed by atoms with Crippen molar-refractivity contribution in [3.8, 4) is 28.6 Å². The van der Waals surface area contributed by atoms with Crippen LogP contribution in [0.1, 0.15) is 5.56 Å². The van der Waals surface area contributed by atoms with Crippen LogP contribution in [0, 0.1) is 12.8 Å². The minimum absolute atomic E-state index is 0.0410. The van der Waals surface area contributed by atoms with Gasteiger partial charge in [0.1, 0.15) is 41.3 Å². The maximum atomic E-state index is 12.5. The molecule has 0 aliphatic rings. The van der Waals surface area contributed by atoms with Gasteiger partial charge in [-0.15, -0.1) is 0 Å². The maximum Gasteiger partial charge on any atom is 0.388 e. The molecular weight excluding hydrogens is 446 g/mol. The smallest absolute Gasteiger partial charge is 0.388 e. The molecule has 0 radical (unpaired) electrons. The van der Waals surface area contributed by atoms with Crippen LogP contribution in [0.5, 0.6) is 17.4 Å². The molecule has 1 unspecified atom stereocenters. The number of rotatable bonds is 10. The fraction of sp³-hybridized carbons (Fsp3) is 0.273. The van der Waals surface area contributed by atoms with E-state index < -0.39 is 18.5 Å². The third kappa shape index (κ3) is 5.88. The quantitative estimate of drug-likeness (QED) is 0.462.